The molecule has 2 amide bonds. The number of carbonyl (C=O) groups excluding carboxylic acids is 2. The predicted octanol–water partition coefficient (Wildman–Crippen LogP) is 5.57. The number of amides is 2. The highest BCUT2D eigenvalue weighted by Crippen LogP contribution is 2.24. The molecule has 1 fully saturated rings. The van der Waals surface area contributed by atoms with E-state index in [1.807, 2.05) is 49.4 Å². The summed E-state index contributed by atoms with van der Waals surface area (Å²) in [4.78, 5) is 26.0. The van der Waals surface area contributed by atoms with Gasteiger partial charge in [-0.1, -0.05) is 56.4 Å². The molecule has 5 heteroatoms. The Morgan fingerprint density at radius 1 is 0.966 bits per heavy atom. The monoisotopic (exact) mass is 410 g/mol. The van der Waals surface area contributed by atoms with Gasteiger partial charge < -0.3 is 10.6 Å². The summed E-state index contributed by atoms with van der Waals surface area (Å²) in [7, 11) is 0. The minimum Gasteiger partial charge on any atom is -0.353 e. The minimum absolute atomic E-state index is 0.0504. The van der Waals surface area contributed by atoms with Crippen LogP contribution in [0.15, 0.2) is 53.4 Å². The second-order valence-corrected chi connectivity index (χ2v) is 8.74. The first-order valence-corrected chi connectivity index (χ1v) is 11.5. The lowest BCUT2D eigenvalue weighted by Gasteiger charge is -2.21. The summed E-state index contributed by atoms with van der Waals surface area (Å²) in [6.45, 7) is 1.99. The van der Waals surface area contributed by atoms with Crippen molar-refractivity contribution in [2.75, 3.05) is 11.1 Å². The zero-order chi connectivity index (χ0) is 20.5. The SMILES string of the molecule is Cc1cccc(NC(=O)c2ccccc2SCC(=O)NC2CCCCCCC2)c1. The van der Waals surface area contributed by atoms with Crippen molar-refractivity contribution in [1.29, 1.82) is 0 Å². The van der Waals surface area contributed by atoms with Crippen LogP contribution >= 0.6 is 11.8 Å². The molecule has 0 heterocycles. The largest absolute Gasteiger partial charge is 0.353 e. The summed E-state index contributed by atoms with van der Waals surface area (Å²) in [6.07, 6.45) is 8.39. The molecule has 0 aromatic heterocycles. The normalized spacial score (nSPS) is 15.2. The van der Waals surface area contributed by atoms with Gasteiger partial charge in [0.05, 0.1) is 11.3 Å². The van der Waals surface area contributed by atoms with Crippen molar-refractivity contribution in [2.24, 2.45) is 0 Å². The van der Waals surface area contributed by atoms with Crippen molar-refractivity contribution < 1.29 is 9.59 Å². The average molecular weight is 411 g/mol. The van der Waals surface area contributed by atoms with E-state index in [2.05, 4.69) is 10.6 Å². The van der Waals surface area contributed by atoms with Gasteiger partial charge in [0.2, 0.25) is 5.91 Å². The number of hydrogen-bond acceptors (Lipinski definition) is 3. The van der Waals surface area contributed by atoms with E-state index < -0.39 is 0 Å². The quantitative estimate of drug-likeness (QED) is 0.612. The maximum absolute atomic E-state index is 12.8. The number of rotatable bonds is 6. The lowest BCUT2D eigenvalue weighted by Crippen LogP contribution is -2.36. The third-order valence-corrected chi connectivity index (χ3v) is 6.31. The van der Waals surface area contributed by atoms with Crippen LogP contribution in [0.25, 0.3) is 0 Å². The van der Waals surface area contributed by atoms with Crippen molar-refractivity contribution >= 4 is 29.3 Å². The Labute approximate surface area is 177 Å². The third-order valence-electron chi connectivity index (χ3n) is 5.24. The molecular weight excluding hydrogens is 380 g/mol. The van der Waals surface area contributed by atoms with Gasteiger partial charge in [0.15, 0.2) is 0 Å². The van der Waals surface area contributed by atoms with Crippen LogP contribution < -0.4 is 10.6 Å². The van der Waals surface area contributed by atoms with Crippen LogP contribution in [0.2, 0.25) is 0 Å². The molecule has 0 saturated heterocycles. The fraction of sp³-hybridized carbons (Fsp3) is 0.417. The van der Waals surface area contributed by atoms with Gasteiger partial charge in [-0.25, -0.2) is 0 Å². The van der Waals surface area contributed by atoms with E-state index in [1.54, 1.807) is 6.07 Å². The highest BCUT2D eigenvalue weighted by Gasteiger charge is 2.16. The molecule has 2 aromatic carbocycles. The van der Waals surface area contributed by atoms with Crippen LogP contribution in [0.4, 0.5) is 5.69 Å². The highest BCUT2D eigenvalue weighted by molar-refractivity contribution is 8.00. The molecule has 0 atom stereocenters. The molecule has 154 valence electrons. The summed E-state index contributed by atoms with van der Waals surface area (Å²) in [5.41, 5.74) is 2.46. The molecule has 29 heavy (non-hydrogen) atoms. The van der Waals surface area contributed by atoms with Crippen molar-refractivity contribution in [3.05, 3.63) is 59.7 Å². The molecule has 3 rings (SSSR count). The Kier molecular flexibility index (Phi) is 8.17. The summed E-state index contributed by atoms with van der Waals surface area (Å²) in [5, 5.41) is 6.14. The van der Waals surface area contributed by atoms with E-state index in [0.717, 1.165) is 29.0 Å². The van der Waals surface area contributed by atoms with Gasteiger partial charge in [0.25, 0.3) is 5.91 Å². The maximum atomic E-state index is 12.8. The second kappa shape index (κ2) is 11.1. The van der Waals surface area contributed by atoms with Gasteiger partial charge >= 0.3 is 0 Å². The first-order chi connectivity index (χ1) is 14.1. The van der Waals surface area contributed by atoms with Gasteiger partial charge in [-0.2, -0.15) is 0 Å². The summed E-state index contributed by atoms with van der Waals surface area (Å²) in [5.74, 6) is 0.221. The topological polar surface area (TPSA) is 58.2 Å². The molecule has 0 unspecified atom stereocenters. The molecule has 1 saturated carbocycles. The fourth-order valence-electron chi connectivity index (χ4n) is 3.71. The first-order valence-electron chi connectivity index (χ1n) is 10.5. The molecule has 0 aliphatic heterocycles. The number of aryl methyl sites for hydroxylation is 1. The molecule has 0 bridgehead atoms. The standard InChI is InChI=1S/C24H30N2O2S/c1-18-10-9-13-20(16-18)26-24(28)21-14-7-8-15-22(21)29-17-23(27)25-19-11-5-3-2-4-6-12-19/h7-10,13-16,19H,2-6,11-12,17H2,1H3,(H,25,27)(H,26,28). The van der Waals surface area contributed by atoms with Crippen LogP contribution in [0.1, 0.15) is 60.9 Å². The molecule has 0 radical (unpaired) electrons. The minimum atomic E-state index is -0.154. The smallest absolute Gasteiger partial charge is 0.256 e. The van der Waals surface area contributed by atoms with Crippen LogP contribution in [0, 0.1) is 6.92 Å². The van der Waals surface area contributed by atoms with Gasteiger partial charge in [0, 0.05) is 16.6 Å². The van der Waals surface area contributed by atoms with Crippen LogP contribution in [-0.2, 0) is 4.79 Å². The van der Waals surface area contributed by atoms with E-state index >= 15 is 0 Å². The van der Waals surface area contributed by atoms with Gasteiger partial charge in [-0.3, -0.25) is 9.59 Å². The van der Waals surface area contributed by atoms with E-state index in [1.165, 1.54) is 43.9 Å². The van der Waals surface area contributed by atoms with Crippen molar-refractivity contribution in [2.45, 2.75) is 62.8 Å². The first kappa shape index (κ1) is 21.4. The second-order valence-electron chi connectivity index (χ2n) is 7.72. The van der Waals surface area contributed by atoms with Crippen LogP contribution in [-0.4, -0.2) is 23.6 Å². The van der Waals surface area contributed by atoms with Gasteiger partial charge in [-0.15, -0.1) is 11.8 Å². The van der Waals surface area contributed by atoms with Crippen molar-refractivity contribution in [3.8, 4) is 0 Å². The summed E-state index contributed by atoms with van der Waals surface area (Å²) in [6, 6.07) is 15.5. The Bertz CT molecular complexity index is 829. The third kappa shape index (κ3) is 6.93. The fourth-order valence-corrected chi connectivity index (χ4v) is 4.58. The highest BCUT2D eigenvalue weighted by atomic mass is 32.2. The lowest BCUT2D eigenvalue weighted by atomic mass is 9.97. The Hall–Kier alpha value is -2.27. The predicted molar refractivity (Wildman–Crippen MR) is 121 cm³/mol. The van der Waals surface area contributed by atoms with Crippen molar-refractivity contribution in [3.63, 3.8) is 0 Å². The maximum Gasteiger partial charge on any atom is 0.256 e. The Morgan fingerprint density at radius 2 is 1.69 bits per heavy atom. The van der Waals surface area contributed by atoms with E-state index in [9.17, 15) is 9.59 Å². The molecule has 4 nitrogen and oxygen atoms in total. The number of hydrogen-bond donors (Lipinski definition) is 2. The zero-order valence-electron chi connectivity index (χ0n) is 17.1. The number of nitrogens with one attached hydrogen (secondary N) is 2. The summed E-state index contributed by atoms with van der Waals surface area (Å²) >= 11 is 1.42. The van der Waals surface area contributed by atoms with Gasteiger partial charge in [-0.05, 0) is 49.6 Å². The van der Waals surface area contributed by atoms with Gasteiger partial charge in [0.1, 0.15) is 0 Å². The molecule has 2 aromatic rings. The number of carbonyl (C=O) groups is 2. The van der Waals surface area contributed by atoms with E-state index in [-0.39, 0.29) is 11.8 Å². The van der Waals surface area contributed by atoms with Crippen LogP contribution in [0.3, 0.4) is 0 Å². The molecular formula is C24H30N2O2S. The summed E-state index contributed by atoms with van der Waals surface area (Å²) < 4.78 is 0. The zero-order valence-corrected chi connectivity index (χ0v) is 17.9. The van der Waals surface area contributed by atoms with E-state index in [4.69, 9.17) is 0 Å². The molecule has 0 spiro atoms. The molecule has 1 aliphatic rings. The number of anilines is 1. The number of thioether (sulfide) groups is 1. The van der Waals surface area contributed by atoms with Crippen molar-refractivity contribution in [1.82, 2.24) is 5.32 Å². The average Bonchev–Trinajstić information content (AvgIpc) is 2.68. The Morgan fingerprint density at radius 3 is 2.45 bits per heavy atom. The van der Waals surface area contributed by atoms with E-state index in [0.29, 0.717) is 17.4 Å². The Balaban J connectivity index is 1.57. The number of benzene rings is 2. The molecule has 2 N–H and O–H groups in total. The van der Waals surface area contributed by atoms with Crippen LogP contribution in [0.5, 0.6) is 0 Å². The molecule has 1 aliphatic carbocycles. The lowest BCUT2D eigenvalue weighted by molar-refractivity contribution is -0.119.